The van der Waals surface area contributed by atoms with Crippen LogP contribution >= 0.6 is 11.3 Å². The molecule has 0 spiro atoms. The third kappa shape index (κ3) is 3.06. The van der Waals surface area contributed by atoms with Gasteiger partial charge in [0.2, 0.25) is 10.9 Å². The maximum absolute atomic E-state index is 13.1. The van der Waals surface area contributed by atoms with Crippen LogP contribution in [0.5, 0.6) is 0 Å². The SMILES string of the molecule is Cc1ccc(C(=O)C2=C(O)C(=O)N(c3nncs3)C2c2cccc([N+](=O)[O-])c2)o1. The molecule has 0 radical (unpaired) electrons. The summed E-state index contributed by atoms with van der Waals surface area (Å²) in [5.74, 6) is -1.91. The van der Waals surface area contributed by atoms with E-state index in [4.69, 9.17) is 4.42 Å². The Morgan fingerprint density at radius 1 is 1.34 bits per heavy atom. The second-order valence-electron chi connectivity index (χ2n) is 6.15. The Morgan fingerprint density at radius 2 is 2.14 bits per heavy atom. The van der Waals surface area contributed by atoms with E-state index in [1.807, 2.05) is 0 Å². The number of furan rings is 1. The van der Waals surface area contributed by atoms with Gasteiger partial charge in [-0.3, -0.25) is 24.6 Å². The zero-order chi connectivity index (χ0) is 20.7. The van der Waals surface area contributed by atoms with E-state index in [9.17, 15) is 24.8 Å². The number of rotatable bonds is 5. The number of hydrogen-bond donors (Lipinski definition) is 1. The van der Waals surface area contributed by atoms with Gasteiger partial charge in [0.1, 0.15) is 11.3 Å². The highest BCUT2D eigenvalue weighted by Gasteiger charge is 2.46. The lowest BCUT2D eigenvalue weighted by molar-refractivity contribution is -0.384. The lowest BCUT2D eigenvalue weighted by Crippen LogP contribution is -2.31. The van der Waals surface area contributed by atoms with Gasteiger partial charge in [-0.15, -0.1) is 10.2 Å². The van der Waals surface area contributed by atoms with Gasteiger partial charge in [-0.2, -0.15) is 0 Å². The Labute approximate surface area is 166 Å². The first-order chi connectivity index (χ1) is 13.9. The smallest absolute Gasteiger partial charge is 0.296 e. The van der Waals surface area contributed by atoms with Crippen molar-refractivity contribution in [2.75, 3.05) is 4.90 Å². The van der Waals surface area contributed by atoms with Crippen LogP contribution < -0.4 is 4.90 Å². The van der Waals surface area contributed by atoms with Gasteiger partial charge in [0.15, 0.2) is 11.5 Å². The van der Waals surface area contributed by atoms with Gasteiger partial charge in [0, 0.05) is 12.1 Å². The Bertz CT molecular complexity index is 1170. The van der Waals surface area contributed by atoms with E-state index in [-0.39, 0.29) is 27.7 Å². The number of carbonyl (C=O) groups excluding carboxylic acids is 2. The van der Waals surface area contributed by atoms with Crippen molar-refractivity contribution in [3.63, 3.8) is 0 Å². The number of carbonyl (C=O) groups is 2. The first-order valence-electron chi connectivity index (χ1n) is 8.27. The zero-order valence-corrected chi connectivity index (χ0v) is 15.6. The lowest BCUT2D eigenvalue weighted by atomic mass is 9.95. The van der Waals surface area contributed by atoms with Crippen molar-refractivity contribution in [1.29, 1.82) is 0 Å². The first-order valence-corrected chi connectivity index (χ1v) is 9.14. The summed E-state index contributed by atoms with van der Waals surface area (Å²) >= 11 is 1.03. The molecule has 0 fully saturated rings. The number of anilines is 1. The average molecular weight is 412 g/mol. The summed E-state index contributed by atoms with van der Waals surface area (Å²) < 4.78 is 5.36. The van der Waals surface area contributed by atoms with E-state index in [2.05, 4.69) is 10.2 Å². The van der Waals surface area contributed by atoms with E-state index in [1.165, 1.54) is 35.8 Å². The van der Waals surface area contributed by atoms with Gasteiger partial charge in [0.05, 0.1) is 16.5 Å². The minimum atomic E-state index is -1.13. The quantitative estimate of drug-likeness (QED) is 0.383. The molecular weight excluding hydrogens is 400 g/mol. The first kappa shape index (κ1) is 18.5. The van der Waals surface area contributed by atoms with Gasteiger partial charge in [0.25, 0.3) is 11.6 Å². The molecule has 11 heteroatoms. The van der Waals surface area contributed by atoms with Crippen LogP contribution in [-0.2, 0) is 4.79 Å². The molecule has 146 valence electrons. The number of hydrogen-bond acceptors (Lipinski definition) is 9. The molecule has 1 aliphatic heterocycles. The van der Waals surface area contributed by atoms with Crippen LogP contribution in [0.3, 0.4) is 0 Å². The Morgan fingerprint density at radius 3 is 2.76 bits per heavy atom. The minimum Gasteiger partial charge on any atom is -0.503 e. The molecule has 1 amide bonds. The van der Waals surface area contributed by atoms with Crippen molar-refractivity contribution in [2.45, 2.75) is 13.0 Å². The predicted octanol–water partition coefficient (Wildman–Crippen LogP) is 3.13. The van der Waals surface area contributed by atoms with E-state index in [1.54, 1.807) is 13.0 Å². The van der Waals surface area contributed by atoms with Crippen molar-refractivity contribution in [2.24, 2.45) is 0 Å². The van der Waals surface area contributed by atoms with Gasteiger partial charge in [-0.25, -0.2) is 0 Å². The largest absolute Gasteiger partial charge is 0.503 e. The van der Waals surface area contributed by atoms with Crippen molar-refractivity contribution >= 4 is 33.8 Å². The van der Waals surface area contributed by atoms with Crippen molar-refractivity contribution in [3.8, 4) is 0 Å². The summed E-state index contributed by atoms with van der Waals surface area (Å²) in [7, 11) is 0. The highest BCUT2D eigenvalue weighted by atomic mass is 32.1. The summed E-state index contributed by atoms with van der Waals surface area (Å²) in [6.45, 7) is 1.65. The number of amides is 1. The number of aliphatic hydroxyl groups excluding tert-OH is 1. The minimum absolute atomic E-state index is 0.0635. The molecule has 1 N–H and O–H groups in total. The second-order valence-corrected chi connectivity index (χ2v) is 6.96. The van der Waals surface area contributed by atoms with Crippen LogP contribution in [0, 0.1) is 17.0 Å². The highest BCUT2D eigenvalue weighted by Crippen LogP contribution is 2.42. The van der Waals surface area contributed by atoms with Crippen LogP contribution in [0.2, 0.25) is 0 Å². The highest BCUT2D eigenvalue weighted by molar-refractivity contribution is 7.13. The Balaban J connectivity index is 1.89. The van der Waals surface area contributed by atoms with Gasteiger partial charge in [-0.05, 0) is 24.6 Å². The third-order valence-corrected chi connectivity index (χ3v) is 5.06. The fourth-order valence-corrected chi connectivity index (χ4v) is 3.70. The van der Waals surface area contributed by atoms with Crippen LogP contribution in [0.25, 0.3) is 0 Å². The molecule has 29 heavy (non-hydrogen) atoms. The molecule has 2 aromatic heterocycles. The van der Waals surface area contributed by atoms with E-state index >= 15 is 0 Å². The molecule has 3 aromatic rings. The van der Waals surface area contributed by atoms with Crippen LogP contribution in [0.4, 0.5) is 10.8 Å². The number of nitro groups is 1. The fourth-order valence-electron chi connectivity index (χ4n) is 3.12. The molecule has 4 rings (SSSR count). The molecule has 1 aliphatic rings. The van der Waals surface area contributed by atoms with E-state index in [0.717, 1.165) is 16.2 Å². The van der Waals surface area contributed by atoms with Crippen molar-refractivity contribution in [1.82, 2.24) is 10.2 Å². The molecule has 3 heterocycles. The normalized spacial score (nSPS) is 16.5. The maximum atomic E-state index is 13.1. The molecule has 1 aromatic carbocycles. The maximum Gasteiger partial charge on any atom is 0.296 e. The third-order valence-electron chi connectivity index (χ3n) is 4.37. The number of nitro benzene ring substituents is 1. The monoisotopic (exact) mass is 412 g/mol. The summed E-state index contributed by atoms with van der Waals surface area (Å²) in [6.07, 6.45) is 0. The molecule has 0 bridgehead atoms. The second kappa shape index (κ2) is 6.95. The van der Waals surface area contributed by atoms with Crippen LogP contribution in [-0.4, -0.2) is 31.9 Å². The van der Waals surface area contributed by atoms with Crippen LogP contribution in [0.1, 0.15) is 27.9 Å². The molecule has 10 nitrogen and oxygen atoms in total. The van der Waals surface area contributed by atoms with E-state index < -0.39 is 28.4 Å². The number of non-ortho nitro benzene ring substituents is 1. The lowest BCUT2D eigenvalue weighted by Gasteiger charge is -2.23. The Hall–Kier alpha value is -3.86. The summed E-state index contributed by atoms with van der Waals surface area (Å²) in [4.78, 5) is 37.6. The van der Waals surface area contributed by atoms with Gasteiger partial charge in [-0.1, -0.05) is 23.5 Å². The molecule has 0 aliphatic carbocycles. The fraction of sp³-hybridized carbons (Fsp3) is 0.111. The molecular formula is C18H12N4O6S. The summed E-state index contributed by atoms with van der Waals surface area (Å²) in [5.41, 5.74) is 1.18. The number of aryl methyl sites for hydroxylation is 1. The summed E-state index contributed by atoms with van der Waals surface area (Å²) in [5, 5.41) is 29.4. The zero-order valence-electron chi connectivity index (χ0n) is 14.8. The number of nitrogens with zero attached hydrogens (tertiary/aromatic N) is 4. The summed E-state index contributed by atoms with van der Waals surface area (Å²) in [6, 6.07) is 7.37. The molecule has 1 atom stereocenters. The average Bonchev–Trinajstić information content (AvgIpc) is 3.43. The van der Waals surface area contributed by atoms with Crippen LogP contribution in [0.15, 0.2) is 57.7 Å². The standard InChI is InChI=1S/C18H12N4O6S/c1-9-5-6-12(28-9)15(23)13-14(10-3-2-4-11(7-10)22(26)27)21(17(25)16(13)24)18-20-19-8-29-18/h2-8,14,24H,1H3. The number of ketones is 1. The predicted molar refractivity (Wildman–Crippen MR) is 101 cm³/mol. The van der Waals surface area contributed by atoms with Crippen molar-refractivity contribution in [3.05, 3.63) is 80.4 Å². The number of aliphatic hydroxyl groups is 1. The topological polar surface area (TPSA) is 140 Å². The Kier molecular flexibility index (Phi) is 4.43. The molecule has 0 saturated heterocycles. The molecule has 0 saturated carbocycles. The number of Topliss-reactive ketones (excluding diaryl/α,β-unsaturated/α-hetero) is 1. The van der Waals surface area contributed by atoms with Crippen molar-refractivity contribution < 1.29 is 24.0 Å². The van der Waals surface area contributed by atoms with Gasteiger partial charge >= 0.3 is 0 Å². The number of benzene rings is 1. The van der Waals surface area contributed by atoms with Gasteiger partial charge < -0.3 is 9.52 Å². The van der Waals surface area contributed by atoms with E-state index in [0.29, 0.717) is 5.76 Å². The number of aromatic nitrogens is 2. The molecule has 1 unspecified atom stereocenters.